The van der Waals surface area contributed by atoms with Gasteiger partial charge in [-0.25, -0.2) is 0 Å². The van der Waals surface area contributed by atoms with Gasteiger partial charge in [0.25, 0.3) is 0 Å². The van der Waals surface area contributed by atoms with Crippen molar-refractivity contribution in [3.8, 4) is 0 Å². The molecule has 0 spiro atoms. The highest BCUT2D eigenvalue weighted by Gasteiger charge is 2.09. The zero-order chi connectivity index (χ0) is 13.4. The summed E-state index contributed by atoms with van der Waals surface area (Å²) in [5.74, 6) is 1.26. The van der Waals surface area contributed by atoms with Crippen LogP contribution in [-0.4, -0.2) is 50.5 Å². The zero-order valence-electron chi connectivity index (χ0n) is 10.9. The first-order valence-corrected chi connectivity index (χ1v) is 5.80. The molecule has 0 aromatic carbocycles. The minimum atomic E-state index is 0.180. The average Bonchev–Trinajstić information content (AvgIpc) is 2.32. The molecule has 0 fully saturated rings. The van der Waals surface area contributed by atoms with E-state index in [4.69, 9.17) is 20.9 Å². The van der Waals surface area contributed by atoms with Gasteiger partial charge in [0.15, 0.2) is 0 Å². The Labute approximate surface area is 107 Å². The van der Waals surface area contributed by atoms with Crippen LogP contribution in [0.4, 0.5) is 17.6 Å². The second-order valence-corrected chi connectivity index (χ2v) is 3.84. The lowest BCUT2D eigenvalue weighted by molar-refractivity contribution is 0.191. The summed E-state index contributed by atoms with van der Waals surface area (Å²) >= 11 is 0. The number of methoxy groups -OCH3 is 2. The summed E-state index contributed by atoms with van der Waals surface area (Å²) in [6.45, 7) is 2.82. The normalized spacial score (nSPS) is 10.6. The summed E-state index contributed by atoms with van der Waals surface area (Å²) in [7, 11) is 3.34. The summed E-state index contributed by atoms with van der Waals surface area (Å²) in [6, 6.07) is 1.71. The molecule has 0 unspecified atom stereocenters. The number of ether oxygens (including phenoxy) is 2. The number of nitrogens with zero attached hydrogens (tertiary/aromatic N) is 3. The van der Waals surface area contributed by atoms with E-state index in [0.29, 0.717) is 24.8 Å². The number of hydrogen-bond acceptors (Lipinski definition) is 7. The molecule has 1 rings (SSSR count). The van der Waals surface area contributed by atoms with Gasteiger partial charge >= 0.3 is 0 Å². The molecule has 0 amide bonds. The Kier molecular flexibility index (Phi) is 6.16. The number of anilines is 3. The minimum absolute atomic E-state index is 0.180. The maximum Gasteiger partial charge on any atom is 0.223 e. The molecule has 1 heterocycles. The van der Waals surface area contributed by atoms with Crippen LogP contribution in [0.25, 0.3) is 0 Å². The molecular formula is C11H21N5O2. The van der Waals surface area contributed by atoms with E-state index in [0.717, 1.165) is 19.5 Å². The standard InChI is InChI=1S/C11H21N5O2/c1-17-6-3-4-16(5-7-18-2)10-8-9(12)14-11(13)15-10/h8H,3-7H2,1-2H3,(H4,12,13,14,15). The van der Waals surface area contributed by atoms with Crippen LogP contribution >= 0.6 is 0 Å². The molecule has 0 radical (unpaired) electrons. The van der Waals surface area contributed by atoms with Crippen LogP contribution in [0.3, 0.4) is 0 Å². The molecule has 7 nitrogen and oxygen atoms in total. The number of hydrogen-bond donors (Lipinski definition) is 2. The van der Waals surface area contributed by atoms with Crippen molar-refractivity contribution in [2.75, 3.05) is 56.9 Å². The van der Waals surface area contributed by atoms with E-state index in [1.807, 2.05) is 0 Å². The van der Waals surface area contributed by atoms with E-state index in [9.17, 15) is 0 Å². The van der Waals surface area contributed by atoms with Crippen LogP contribution in [0.1, 0.15) is 6.42 Å². The first-order chi connectivity index (χ1) is 8.67. The van der Waals surface area contributed by atoms with E-state index in [-0.39, 0.29) is 5.95 Å². The van der Waals surface area contributed by atoms with Gasteiger partial charge < -0.3 is 25.8 Å². The van der Waals surface area contributed by atoms with E-state index in [1.165, 1.54) is 0 Å². The predicted molar refractivity (Wildman–Crippen MR) is 71.4 cm³/mol. The fraction of sp³-hybridized carbons (Fsp3) is 0.636. The van der Waals surface area contributed by atoms with Crippen LogP contribution in [0, 0.1) is 0 Å². The second kappa shape index (κ2) is 7.67. The van der Waals surface area contributed by atoms with Crippen LogP contribution < -0.4 is 16.4 Å². The molecule has 1 aromatic rings. The number of rotatable bonds is 8. The smallest absolute Gasteiger partial charge is 0.223 e. The predicted octanol–water partition coefficient (Wildman–Crippen LogP) is 0.130. The Morgan fingerprint density at radius 3 is 2.44 bits per heavy atom. The summed E-state index contributed by atoms with van der Waals surface area (Å²) in [5.41, 5.74) is 11.3. The summed E-state index contributed by atoms with van der Waals surface area (Å²) in [5, 5.41) is 0. The molecule has 0 aliphatic carbocycles. The van der Waals surface area contributed by atoms with Crippen molar-refractivity contribution in [3.05, 3.63) is 6.07 Å². The summed E-state index contributed by atoms with van der Waals surface area (Å²) in [4.78, 5) is 10.1. The summed E-state index contributed by atoms with van der Waals surface area (Å²) < 4.78 is 10.1. The van der Waals surface area contributed by atoms with Crippen molar-refractivity contribution in [1.82, 2.24) is 9.97 Å². The quantitative estimate of drug-likeness (QED) is 0.637. The Hall–Kier alpha value is -1.60. The third-order valence-corrected chi connectivity index (χ3v) is 2.42. The van der Waals surface area contributed by atoms with Crippen molar-refractivity contribution in [1.29, 1.82) is 0 Å². The molecule has 0 bridgehead atoms. The Balaban J connectivity index is 2.72. The van der Waals surface area contributed by atoms with E-state index in [1.54, 1.807) is 20.3 Å². The van der Waals surface area contributed by atoms with Crippen molar-refractivity contribution in [2.45, 2.75) is 6.42 Å². The molecule has 0 atom stereocenters. The number of nitrogens with two attached hydrogens (primary N) is 2. The van der Waals surface area contributed by atoms with Gasteiger partial charge in [-0.05, 0) is 6.42 Å². The fourth-order valence-electron chi connectivity index (χ4n) is 1.58. The minimum Gasteiger partial charge on any atom is -0.385 e. The highest BCUT2D eigenvalue weighted by atomic mass is 16.5. The molecule has 0 saturated carbocycles. The number of aromatic nitrogens is 2. The largest absolute Gasteiger partial charge is 0.385 e. The van der Waals surface area contributed by atoms with Gasteiger partial charge in [0, 0.05) is 40.0 Å². The van der Waals surface area contributed by atoms with Crippen molar-refractivity contribution >= 4 is 17.6 Å². The maximum atomic E-state index is 5.67. The monoisotopic (exact) mass is 255 g/mol. The van der Waals surface area contributed by atoms with Crippen molar-refractivity contribution < 1.29 is 9.47 Å². The number of nitrogen functional groups attached to an aromatic ring is 2. The Morgan fingerprint density at radius 1 is 1.11 bits per heavy atom. The van der Waals surface area contributed by atoms with Gasteiger partial charge in [-0.1, -0.05) is 0 Å². The highest BCUT2D eigenvalue weighted by Crippen LogP contribution is 2.15. The van der Waals surface area contributed by atoms with Crippen molar-refractivity contribution in [2.24, 2.45) is 0 Å². The van der Waals surface area contributed by atoms with Crippen LogP contribution in [0.2, 0.25) is 0 Å². The molecule has 0 aliphatic rings. The van der Waals surface area contributed by atoms with E-state index >= 15 is 0 Å². The van der Waals surface area contributed by atoms with E-state index in [2.05, 4.69) is 14.9 Å². The second-order valence-electron chi connectivity index (χ2n) is 3.84. The third kappa shape index (κ3) is 4.72. The van der Waals surface area contributed by atoms with Gasteiger partial charge in [-0.3, -0.25) is 0 Å². The maximum absolute atomic E-state index is 5.67. The van der Waals surface area contributed by atoms with Gasteiger partial charge in [-0.15, -0.1) is 0 Å². The topological polar surface area (TPSA) is 99.5 Å². The summed E-state index contributed by atoms with van der Waals surface area (Å²) in [6.07, 6.45) is 0.893. The lowest BCUT2D eigenvalue weighted by Gasteiger charge is -2.23. The highest BCUT2D eigenvalue weighted by molar-refractivity contribution is 5.50. The molecule has 0 saturated heterocycles. The molecule has 102 valence electrons. The Morgan fingerprint density at radius 2 is 1.83 bits per heavy atom. The average molecular weight is 255 g/mol. The molecule has 18 heavy (non-hydrogen) atoms. The molecular weight excluding hydrogens is 234 g/mol. The van der Waals surface area contributed by atoms with Crippen LogP contribution in [0.15, 0.2) is 6.07 Å². The lowest BCUT2D eigenvalue weighted by atomic mass is 10.3. The fourth-order valence-corrected chi connectivity index (χ4v) is 1.58. The zero-order valence-corrected chi connectivity index (χ0v) is 10.9. The first-order valence-electron chi connectivity index (χ1n) is 5.80. The molecule has 0 aliphatic heterocycles. The van der Waals surface area contributed by atoms with Gasteiger partial charge in [0.1, 0.15) is 11.6 Å². The molecule has 4 N–H and O–H groups in total. The molecule has 7 heteroatoms. The first kappa shape index (κ1) is 14.5. The van der Waals surface area contributed by atoms with Gasteiger partial charge in [-0.2, -0.15) is 9.97 Å². The lowest BCUT2D eigenvalue weighted by Crippen LogP contribution is -2.30. The van der Waals surface area contributed by atoms with E-state index < -0.39 is 0 Å². The Bertz CT molecular complexity index is 341. The van der Waals surface area contributed by atoms with Gasteiger partial charge in [0.05, 0.1) is 6.61 Å². The molecule has 1 aromatic heterocycles. The SMILES string of the molecule is COCCCN(CCOC)c1cc(N)nc(N)n1. The van der Waals surface area contributed by atoms with Crippen molar-refractivity contribution in [3.63, 3.8) is 0 Å². The third-order valence-electron chi connectivity index (χ3n) is 2.42. The van der Waals surface area contributed by atoms with Crippen LogP contribution in [-0.2, 0) is 9.47 Å². The van der Waals surface area contributed by atoms with Crippen LogP contribution in [0.5, 0.6) is 0 Å². The van der Waals surface area contributed by atoms with Gasteiger partial charge in [0.2, 0.25) is 5.95 Å².